The van der Waals surface area contributed by atoms with Gasteiger partial charge in [0.05, 0.1) is 11.1 Å². The SMILES string of the molecule is CCCC(CC)Cc1cc(C=Nc2ccc3c(c2)C(C)c2cc(C(N)(CC)CC)ccc2-3)sc1C(C)(C)C=O. The van der Waals surface area contributed by atoms with Gasteiger partial charge in [-0.15, -0.1) is 11.3 Å². The summed E-state index contributed by atoms with van der Waals surface area (Å²) in [6.07, 6.45) is 9.52. The number of benzene rings is 2. The topological polar surface area (TPSA) is 55.4 Å². The minimum Gasteiger partial charge on any atom is -0.321 e. The van der Waals surface area contributed by atoms with E-state index in [0.29, 0.717) is 11.8 Å². The number of thiophene rings is 1. The van der Waals surface area contributed by atoms with Gasteiger partial charge in [-0.05, 0) is 90.6 Å². The van der Waals surface area contributed by atoms with Gasteiger partial charge < -0.3 is 10.5 Å². The van der Waals surface area contributed by atoms with Crippen LogP contribution in [0.4, 0.5) is 5.69 Å². The van der Waals surface area contributed by atoms with Crippen molar-refractivity contribution in [1.82, 2.24) is 0 Å². The average Bonchev–Trinajstić information content (AvgIpc) is 3.49. The Hall–Kier alpha value is -2.56. The van der Waals surface area contributed by atoms with E-state index in [-0.39, 0.29) is 5.54 Å². The quantitative estimate of drug-likeness (QED) is 0.183. The highest BCUT2D eigenvalue weighted by molar-refractivity contribution is 7.14. The van der Waals surface area contributed by atoms with Crippen molar-refractivity contribution >= 4 is 29.5 Å². The molecular weight excluding hydrogens is 496 g/mol. The van der Waals surface area contributed by atoms with Gasteiger partial charge in [0.2, 0.25) is 0 Å². The Morgan fingerprint density at radius 1 is 1.00 bits per heavy atom. The summed E-state index contributed by atoms with van der Waals surface area (Å²) in [6, 6.07) is 15.7. The number of hydrogen-bond donors (Lipinski definition) is 1. The maximum atomic E-state index is 12.0. The third-order valence-electron chi connectivity index (χ3n) is 8.98. The fraction of sp³-hybridized carbons (Fsp3) is 0.486. The number of aldehydes is 1. The number of aliphatic imine (C=N–C) groups is 1. The molecule has 2 unspecified atom stereocenters. The van der Waals surface area contributed by atoms with E-state index in [1.54, 1.807) is 11.3 Å². The zero-order valence-corrected chi connectivity index (χ0v) is 25.8. The van der Waals surface area contributed by atoms with Crippen molar-refractivity contribution in [2.24, 2.45) is 16.6 Å². The van der Waals surface area contributed by atoms with Crippen molar-refractivity contribution < 1.29 is 4.79 Å². The Labute approximate surface area is 240 Å². The average molecular weight is 543 g/mol. The minimum atomic E-state index is -0.485. The van der Waals surface area contributed by atoms with E-state index < -0.39 is 5.41 Å². The fourth-order valence-corrected chi connectivity index (χ4v) is 7.23. The third-order valence-corrected chi connectivity index (χ3v) is 10.4. The number of nitrogens with zero attached hydrogens (tertiary/aromatic N) is 1. The van der Waals surface area contributed by atoms with Crippen molar-refractivity contribution in [2.45, 2.75) is 104 Å². The normalized spacial score (nSPS) is 15.9. The molecule has 4 heteroatoms. The lowest BCUT2D eigenvalue weighted by atomic mass is 9.83. The lowest BCUT2D eigenvalue weighted by Crippen LogP contribution is -2.35. The summed E-state index contributed by atoms with van der Waals surface area (Å²) in [6.45, 7) is 15.2. The number of nitrogens with two attached hydrogens (primary N) is 1. The zero-order valence-electron chi connectivity index (χ0n) is 24.9. The van der Waals surface area contributed by atoms with Crippen LogP contribution in [0.25, 0.3) is 11.1 Å². The molecule has 1 aromatic heterocycles. The van der Waals surface area contributed by atoms with Gasteiger partial charge in [0, 0.05) is 27.4 Å². The van der Waals surface area contributed by atoms with E-state index in [4.69, 9.17) is 10.7 Å². The van der Waals surface area contributed by atoms with Gasteiger partial charge in [-0.1, -0.05) is 78.1 Å². The second kappa shape index (κ2) is 11.9. The second-order valence-corrected chi connectivity index (χ2v) is 13.1. The van der Waals surface area contributed by atoms with Crippen molar-refractivity contribution in [2.75, 3.05) is 0 Å². The van der Waals surface area contributed by atoms with Crippen LogP contribution in [-0.2, 0) is 22.2 Å². The minimum absolute atomic E-state index is 0.274. The molecule has 1 heterocycles. The number of fused-ring (bicyclic) bond motifs is 3. The van der Waals surface area contributed by atoms with Gasteiger partial charge in [-0.25, -0.2) is 0 Å². The van der Waals surface area contributed by atoms with E-state index in [1.165, 1.54) is 51.1 Å². The summed E-state index contributed by atoms with van der Waals surface area (Å²) < 4.78 is 0. The molecule has 0 amide bonds. The molecular formula is C35H46N2OS. The molecule has 4 rings (SSSR count). The first-order valence-electron chi connectivity index (χ1n) is 14.8. The molecule has 2 N–H and O–H groups in total. The van der Waals surface area contributed by atoms with Crippen LogP contribution in [0.1, 0.15) is 118 Å². The van der Waals surface area contributed by atoms with E-state index in [9.17, 15) is 4.79 Å². The summed E-state index contributed by atoms with van der Waals surface area (Å²) in [5, 5.41) is 0. The number of rotatable bonds is 12. The summed E-state index contributed by atoms with van der Waals surface area (Å²) in [5.74, 6) is 0.955. The van der Waals surface area contributed by atoms with Crippen LogP contribution in [0.2, 0.25) is 0 Å². The van der Waals surface area contributed by atoms with Gasteiger partial charge in [0.1, 0.15) is 6.29 Å². The third kappa shape index (κ3) is 5.83. The molecule has 1 aliphatic rings. The van der Waals surface area contributed by atoms with Gasteiger partial charge >= 0.3 is 0 Å². The maximum Gasteiger partial charge on any atom is 0.130 e. The molecule has 208 valence electrons. The fourth-order valence-electron chi connectivity index (χ4n) is 6.11. The highest BCUT2D eigenvalue weighted by Gasteiger charge is 2.30. The van der Waals surface area contributed by atoms with Crippen LogP contribution in [-0.4, -0.2) is 12.5 Å². The predicted octanol–water partition coefficient (Wildman–Crippen LogP) is 9.45. The van der Waals surface area contributed by atoms with Crippen LogP contribution < -0.4 is 5.73 Å². The molecule has 0 fully saturated rings. The first kappa shape index (κ1) is 29.4. The van der Waals surface area contributed by atoms with Crippen LogP contribution in [0, 0.1) is 5.92 Å². The molecule has 1 aliphatic carbocycles. The van der Waals surface area contributed by atoms with Crippen molar-refractivity contribution in [3.63, 3.8) is 0 Å². The molecule has 0 saturated carbocycles. The molecule has 2 aromatic carbocycles. The number of carbonyl (C=O) groups is 1. The van der Waals surface area contributed by atoms with Crippen molar-refractivity contribution in [3.8, 4) is 11.1 Å². The first-order chi connectivity index (χ1) is 18.6. The first-order valence-corrected chi connectivity index (χ1v) is 15.6. The molecule has 0 saturated heterocycles. The van der Waals surface area contributed by atoms with E-state index in [2.05, 4.69) is 77.1 Å². The monoisotopic (exact) mass is 542 g/mol. The lowest BCUT2D eigenvalue weighted by molar-refractivity contribution is -0.111. The lowest BCUT2D eigenvalue weighted by Gasteiger charge is -2.28. The van der Waals surface area contributed by atoms with Crippen LogP contribution in [0.5, 0.6) is 0 Å². The number of hydrogen-bond acceptors (Lipinski definition) is 4. The summed E-state index contributed by atoms with van der Waals surface area (Å²) in [5.41, 5.74) is 14.8. The zero-order chi connectivity index (χ0) is 28.4. The van der Waals surface area contributed by atoms with Crippen LogP contribution in [0.3, 0.4) is 0 Å². The molecule has 0 spiro atoms. The molecule has 3 nitrogen and oxygen atoms in total. The molecule has 3 aromatic rings. The van der Waals surface area contributed by atoms with Gasteiger partial charge in [0.15, 0.2) is 0 Å². The van der Waals surface area contributed by atoms with Gasteiger partial charge in [-0.2, -0.15) is 0 Å². The summed E-state index contributed by atoms with van der Waals surface area (Å²) in [4.78, 5) is 19.2. The van der Waals surface area contributed by atoms with E-state index >= 15 is 0 Å². The largest absolute Gasteiger partial charge is 0.321 e. The summed E-state index contributed by atoms with van der Waals surface area (Å²) in [7, 11) is 0. The van der Waals surface area contributed by atoms with E-state index in [0.717, 1.165) is 42.5 Å². The number of carbonyl (C=O) groups excluding carboxylic acids is 1. The van der Waals surface area contributed by atoms with Crippen LogP contribution >= 0.6 is 11.3 Å². The highest BCUT2D eigenvalue weighted by atomic mass is 32.1. The summed E-state index contributed by atoms with van der Waals surface area (Å²) >= 11 is 1.71. The Morgan fingerprint density at radius 2 is 1.67 bits per heavy atom. The smallest absolute Gasteiger partial charge is 0.130 e. The molecule has 0 aliphatic heterocycles. The Bertz CT molecular complexity index is 1340. The maximum absolute atomic E-state index is 12.0. The molecule has 0 radical (unpaired) electrons. The Balaban J connectivity index is 1.62. The highest BCUT2D eigenvalue weighted by Crippen LogP contribution is 2.47. The van der Waals surface area contributed by atoms with Gasteiger partial charge in [0.25, 0.3) is 0 Å². The molecule has 0 bridgehead atoms. The standard InChI is InChI=1S/C35H46N2OS/c1-8-12-24(9-2)17-25-18-28(39-33(25)34(6,7)22-38)21-37-27-14-16-30-29-15-13-26(35(36,10-3)11-4)19-31(29)23(5)32(30)20-27/h13-16,18-24H,8-12,17,36H2,1-7H3. The Morgan fingerprint density at radius 3 is 2.28 bits per heavy atom. The van der Waals surface area contributed by atoms with Gasteiger partial charge in [-0.3, -0.25) is 4.99 Å². The Kier molecular flexibility index (Phi) is 8.98. The molecule has 39 heavy (non-hydrogen) atoms. The van der Waals surface area contributed by atoms with E-state index in [1.807, 2.05) is 20.1 Å². The van der Waals surface area contributed by atoms with Crippen LogP contribution in [0.15, 0.2) is 47.5 Å². The predicted molar refractivity (Wildman–Crippen MR) is 169 cm³/mol. The molecule has 2 atom stereocenters. The second-order valence-electron chi connectivity index (χ2n) is 12.0. The van der Waals surface area contributed by atoms with Crippen molar-refractivity contribution in [1.29, 1.82) is 0 Å². The van der Waals surface area contributed by atoms with Crippen molar-refractivity contribution in [3.05, 3.63) is 74.5 Å².